The van der Waals surface area contributed by atoms with Crippen LogP contribution >= 0.6 is 0 Å². The molecule has 0 atom stereocenters. The maximum atomic E-state index is 12.1. The van der Waals surface area contributed by atoms with Crippen LogP contribution in [0.4, 0.5) is 4.48 Å². The molecule has 3 heteroatoms. The van der Waals surface area contributed by atoms with Gasteiger partial charge in [0.05, 0.1) is 5.71 Å². The molecule has 2 nitrogen and oxygen atoms in total. The third-order valence-corrected chi connectivity index (χ3v) is 2.30. The topological polar surface area (TPSA) is 28.1 Å². The molecule has 0 saturated heterocycles. The molecule has 14 heavy (non-hydrogen) atoms. The molecule has 0 fully saturated rings. The van der Waals surface area contributed by atoms with Crippen molar-refractivity contribution < 1.29 is 4.48 Å². The molecule has 0 aliphatic rings. The van der Waals surface area contributed by atoms with E-state index in [0.29, 0.717) is 5.71 Å². The van der Waals surface area contributed by atoms with Gasteiger partial charge in [-0.2, -0.15) is 0 Å². The lowest BCUT2D eigenvalue weighted by Crippen LogP contribution is -1.91. The van der Waals surface area contributed by atoms with Gasteiger partial charge in [0.1, 0.15) is 0 Å². The summed E-state index contributed by atoms with van der Waals surface area (Å²) < 4.78 is 12.1. The number of fused-ring (bicyclic) bond motifs is 1. The van der Waals surface area contributed by atoms with Crippen molar-refractivity contribution in [2.45, 2.75) is 13.8 Å². The number of aromatic amines is 1. The van der Waals surface area contributed by atoms with Gasteiger partial charge in [0.15, 0.2) is 0 Å². The summed E-state index contributed by atoms with van der Waals surface area (Å²) in [6.07, 6.45) is 0. The molecule has 0 amide bonds. The van der Waals surface area contributed by atoms with Crippen molar-refractivity contribution in [2.75, 3.05) is 0 Å². The highest BCUT2D eigenvalue weighted by atomic mass is 19.2. The summed E-state index contributed by atoms with van der Waals surface area (Å²) in [6.45, 7) is 3.65. The Morgan fingerprint density at radius 3 is 2.86 bits per heavy atom. The Hall–Kier alpha value is -1.64. The Balaban J connectivity index is 2.61. The number of halogens is 1. The van der Waals surface area contributed by atoms with Crippen molar-refractivity contribution in [3.05, 3.63) is 35.5 Å². The third kappa shape index (κ3) is 1.41. The molecule has 1 aromatic heterocycles. The van der Waals surface area contributed by atoms with Crippen LogP contribution in [0.25, 0.3) is 10.9 Å². The van der Waals surface area contributed by atoms with Gasteiger partial charge in [0.25, 0.3) is 0 Å². The number of hydrogen-bond donors (Lipinski definition) is 1. The van der Waals surface area contributed by atoms with Gasteiger partial charge in [0.2, 0.25) is 0 Å². The highest BCUT2D eigenvalue weighted by Gasteiger charge is 2.01. The predicted molar refractivity (Wildman–Crippen MR) is 56.4 cm³/mol. The zero-order valence-corrected chi connectivity index (χ0v) is 8.13. The number of aryl methyl sites for hydroxylation is 1. The molecule has 1 N–H and O–H groups in total. The Kier molecular flexibility index (Phi) is 2.08. The first-order valence-corrected chi connectivity index (χ1v) is 4.46. The van der Waals surface area contributed by atoms with E-state index in [1.54, 1.807) is 6.92 Å². The van der Waals surface area contributed by atoms with Crippen molar-refractivity contribution in [1.29, 1.82) is 0 Å². The molecular weight excluding hydrogens is 179 g/mol. The van der Waals surface area contributed by atoms with Crippen LogP contribution in [-0.2, 0) is 0 Å². The molecule has 0 unspecified atom stereocenters. The first-order valence-electron chi connectivity index (χ1n) is 4.46. The number of H-pyrrole nitrogens is 1. The van der Waals surface area contributed by atoms with Crippen LogP contribution in [0.15, 0.2) is 29.5 Å². The molecule has 0 saturated carbocycles. The van der Waals surface area contributed by atoms with Crippen LogP contribution in [0.2, 0.25) is 0 Å². The van der Waals surface area contributed by atoms with E-state index in [9.17, 15) is 4.48 Å². The van der Waals surface area contributed by atoms with Crippen molar-refractivity contribution in [2.24, 2.45) is 5.21 Å². The van der Waals surface area contributed by atoms with Gasteiger partial charge in [-0.25, -0.2) is 0 Å². The van der Waals surface area contributed by atoms with Crippen LogP contribution in [0.5, 0.6) is 0 Å². The van der Waals surface area contributed by atoms with E-state index < -0.39 is 0 Å². The van der Waals surface area contributed by atoms with Crippen molar-refractivity contribution in [3.63, 3.8) is 0 Å². The summed E-state index contributed by atoms with van der Waals surface area (Å²) in [5.41, 5.74) is 3.40. The number of rotatable bonds is 1. The second-order valence-corrected chi connectivity index (χ2v) is 3.42. The molecule has 2 rings (SSSR count). The van der Waals surface area contributed by atoms with Crippen molar-refractivity contribution >= 4 is 16.6 Å². The van der Waals surface area contributed by atoms with Gasteiger partial charge in [-0.1, -0.05) is 15.8 Å². The van der Waals surface area contributed by atoms with Gasteiger partial charge < -0.3 is 4.98 Å². The Morgan fingerprint density at radius 1 is 1.36 bits per heavy atom. The fraction of sp³-hybridized carbons (Fsp3) is 0.182. The third-order valence-electron chi connectivity index (χ3n) is 2.30. The fourth-order valence-corrected chi connectivity index (χ4v) is 1.55. The molecule has 0 aliphatic carbocycles. The minimum Gasteiger partial charge on any atom is -0.359 e. The lowest BCUT2D eigenvalue weighted by atomic mass is 10.1. The van der Waals surface area contributed by atoms with E-state index in [1.807, 2.05) is 31.2 Å². The standard InChI is InChI=1S/C11H11FN2/c1-7-5-10-6-9(8(2)14-12)3-4-11(10)13-7/h3-6,13H,1-2H3/b14-8+. The van der Waals surface area contributed by atoms with Gasteiger partial charge in [0, 0.05) is 16.6 Å². The molecule has 0 spiro atoms. The Bertz CT molecular complexity index is 497. The minimum absolute atomic E-state index is 0.408. The summed E-state index contributed by atoms with van der Waals surface area (Å²) in [5, 5.41) is 3.76. The molecule has 1 heterocycles. The second-order valence-electron chi connectivity index (χ2n) is 3.42. The predicted octanol–water partition coefficient (Wildman–Crippen LogP) is 3.17. The highest BCUT2D eigenvalue weighted by molar-refractivity contribution is 6.01. The van der Waals surface area contributed by atoms with E-state index in [4.69, 9.17) is 0 Å². The highest BCUT2D eigenvalue weighted by Crippen LogP contribution is 2.17. The van der Waals surface area contributed by atoms with Gasteiger partial charge >= 0.3 is 0 Å². The van der Waals surface area contributed by atoms with Crippen LogP contribution in [0.1, 0.15) is 18.2 Å². The summed E-state index contributed by atoms with van der Waals surface area (Å²) in [7, 11) is 0. The fourth-order valence-electron chi connectivity index (χ4n) is 1.55. The van der Waals surface area contributed by atoms with Crippen LogP contribution in [-0.4, -0.2) is 10.7 Å². The van der Waals surface area contributed by atoms with E-state index in [2.05, 4.69) is 10.2 Å². The van der Waals surface area contributed by atoms with Gasteiger partial charge in [-0.15, -0.1) is 0 Å². The number of benzene rings is 1. The van der Waals surface area contributed by atoms with Gasteiger partial charge in [-0.05, 0) is 37.6 Å². The lowest BCUT2D eigenvalue weighted by molar-refractivity contribution is 0.537. The average molecular weight is 190 g/mol. The summed E-state index contributed by atoms with van der Waals surface area (Å²) in [4.78, 5) is 3.21. The maximum Gasteiger partial charge on any atom is 0.0775 e. The minimum atomic E-state index is 0.408. The summed E-state index contributed by atoms with van der Waals surface area (Å²) >= 11 is 0. The van der Waals surface area contributed by atoms with Crippen molar-refractivity contribution in [1.82, 2.24) is 4.98 Å². The summed E-state index contributed by atoms with van der Waals surface area (Å²) in [5.74, 6) is 0. The lowest BCUT2D eigenvalue weighted by Gasteiger charge is -1.97. The number of nitrogens with one attached hydrogen (secondary N) is 1. The average Bonchev–Trinajstić information content (AvgIpc) is 2.55. The molecule has 0 aliphatic heterocycles. The zero-order valence-electron chi connectivity index (χ0n) is 8.13. The quantitative estimate of drug-likeness (QED) is 0.669. The smallest absolute Gasteiger partial charge is 0.0775 e. The molecule has 72 valence electrons. The van der Waals surface area contributed by atoms with Crippen molar-refractivity contribution in [3.8, 4) is 0 Å². The van der Waals surface area contributed by atoms with Gasteiger partial charge in [-0.3, -0.25) is 0 Å². The molecular formula is C11H11FN2. The van der Waals surface area contributed by atoms with E-state index in [-0.39, 0.29) is 0 Å². The normalized spacial score (nSPS) is 12.4. The van der Waals surface area contributed by atoms with E-state index in [0.717, 1.165) is 22.2 Å². The molecule has 1 aromatic carbocycles. The molecule has 0 bridgehead atoms. The Morgan fingerprint density at radius 2 is 2.14 bits per heavy atom. The van der Waals surface area contributed by atoms with Crippen LogP contribution in [0, 0.1) is 6.92 Å². The van der Waals surface area contributed by atoms with E-state index >= 15 is 0 Å². The largest absolute Gasteiger partial charge is 0.359 e. The van der Waals surface area contributed by atoms with E-state index in [1.165, 1.54) is 0 Å². The first-order chi connectivity index (χ1) is 6.70. The zero-order chi connectivity index (χ0) is 10.1. The maximum absolute atomic E-state index is 12.1. The first kappa shape index (κ1) is 8.94. The molecule has 2 aromatic rings. The van der Waals surface area contributed by atoms with Crippen LogP contribution in [0.3, 0.4) is 0 Å². The number of nitrogens with zero attached hydrogens (tertiary/aromatic N) is 1. The monoisotopic (exact) mass is 190 g/mol. The summed E-state index contributed by atoms with van der Waals surface area (Å²) in [6, 6.07) is 7.75. The number of hydrogen-bond acceptors (Lipinski definition) is 1. The molecule has 0 radical (unpaired) electrons. The number of aromatic nitrogens is 1. The SMILES string of the molecule is C/C(=N\F)c1ccc2[nH]c(C)cc2c1. The van der Waals surface area contributed by atoms with Crippen LogP contribution < -0.4 is 0 Å². The second kappa shape index (κ2) is 3.25. The Labute approximate surface area is 81.4 Å².